The van der Waals surface area contributed by atoms with Crippen LogP contribution < -0.4 is 0 Å². The molecule has 24 heavy (non-hydrogen) atoms. The number of aryl methyl sites for hydroxylation is 1. The third kappa shape index (κ3) is 4.02. The summed E-state index contributed by atoms with van der Waals surface area (Å²) in [6.45, 7) is 1.84. The lowest BCUT2D eigenvalue weighted by atomic mass is 10.2. The molecule has 0 atom stereocenters. The summed E-state index contributed by atoms with van der Waals surface area (Å²) in [6.07, 6.45) is 2.84. The molecule has 2 aromatic heterocycles. The highest BCUT2D eigenvalue weighted by Crippen LogP contribution is 2.22. The predicted molar refractivity (Wildman–Crippen MR) is 91.9 cm³/mol. The monoisotopic (exact) mass is 387 g/mol. The number of ether oxygens (including phenoxy) is 1. The fraction of sp³-hybridized carbons (Fsp3) is 0.111. The molecule has 0 radical (unpaired) electrons. The first kappa shape index (κ1) is 16.3. The summed E-state index contributed by atoms with van der Waals surface area (Å²) in [6, 6.07) is 13.0. The Bertz CT molecular complexity index is 864. The molecular formula is C18H14BrNO4. The maximum Gasteiger partial charge on any atom is 0.331 e. The minimum absolute atomic E-state index is 0.0488. The van der Waals surface area contributed by atoms with Crippen LogP contribution in [0.25, 0.3) is 17.5 Å². The van der Waals surface area contributed by atoms with Crippen molar-refractivity contribution in [3.63, 3.8) is 0 Å². The Balaban J connectivity index is 1.61. The van der Waals surface area contributed by atoms with Crippen molar-refractivity contribution in [2.75, 3.05) is 0 Å². The third-order valence-electron chi connectivity index (χ3n) is 3.24. The zero-order valence-electron chi connectivity index (χ0n) is 12.9. The van der Waals surface area contributed by atoms with Crippen LogP contribution >= 0.6 is 15.9 Å². The lowest BCUT2D eigenvalue weighted by Crippen LogP contribution is -2.01. The van der Waals surface area contributed by atoms with E-state index in [1.54, 1.807) is 19.1 Å². The molecule has 0 spiro atoms. The first-order valence-electron chi connectivity index (χ1n) is 7.24. The Morgan fingerprint density at radius 2 is 2.00 bits per heavy atom. The molecular weight excluding hydrogens is 374 g/mol. The van der Waals surface area contributed by atoms with Gasteiger partial charge in [0.05, 0.1) is 0 Å². The number of aromatic nitrogens is 1. The molecule has 122 valence electrons. The highest BCUT2D eigenvalue weighted by atomic mass is 79.9. The van der Waals surface area contributed by atoms with Gasteiger partial charge in [0.2, 0.25) is 5.89 Å². The first-order valence-corrected chi connectivity index (χ1v) is 8.03. The lowest BCUT2D eigenvalue weighted by Gasteiger charge is -1.98. The number of carbonyl (C=O) groups excluding carboxylic acids is 1. The molecule has 1 aromatic carbocycles. The summed E-state index contributed by atoms with van der Waals surface area (Å²) in [5.74, 6) is 1.21. The molecule has 3 aromatic rings. The molecule has 6 heteroatoms. The Morgan fingerprint density at radius 3 is 2.71 bits per heavy atom. The van der Waals surface area contributed by atoms with Crippen LogP contribution in [0.1, 0.15) is 17.2 Å². The van der Waals surface area contributed by atoms with E-state index in [2.05, 4.69) is 20.9 Å². The van der Waals surface area contributed by atoms with Gasteiger partial charge in [-0.15, -0.1) is 0 Å². The second-order valence-corrected chi connectivity index (χ2v) is 5.75. The van der Waals surface area contributed by atoms with E-state index in [1.165, 1.54) is 12.2 Å². The number of esters is 1. The van der Waals surface area contributed by atoms with Gasteiger partial charge < -0.3 is 13.6 Å². The Hall–Kier alpha value is -2.60. The number of benzene rings is 1. The van der Waals surface area contributed by atoms with Gasteiger partial charge in [-0.25, -0.2) is 9.78 Å². The van der Waals surface area contributed by atoms with Gasteiger partial charge in [0.25, 0.3) is 0 Å². The maximum atomic E-state index is 11.8. The van der Waals surface area contributed by atoms with Crippen molar-refractivity contribution < 1.29 is 18.4 Å². The van der Waals surface area contributed by atoms with Crippen LogP contribution in [-0.2, 0) is 16.1 Å². The molecule has 0 saturated carbocycles. The van der Waals surface area contributed by atoms with Gasteiger partial charge in [-0.3, -0.25) is 0 Å². The van der Waals surface area contributed by atoms with Crippen LogP contribution in [0.2, 0.25) is 0 Å². The van der Waals surface area contributed by atoms with Crippen molar-refractivity contribution in [3.05, 3.63) is 70.4 Å². The number of halogens is 1. The average Bonchev–Trinajstić information content (AvgIpc) is 3.17. The predicted octanol–water partition coefficient (Wildman–Crippen LogP) is 4.76. The topological polar surface area (TPSA) is 65.5 Å². The van der Waals surface area contributed by atoms with Crippen LogP contribution in [0.5, 0.6) is 0 Å². The van der Waals surface area contributed by atoms with Gasteiger partial charge in [0.15, 0.2) is 4.67 Å². The van der Waals surface area contributed by atoms with Crippen molar-refractivity contribution in [3.8, 4) is 11.5 Å². The fourth-order valence-corrected chi connectivity index (χ4v) is 2.34. The summed E-state index contributed by atoms with van der Waals surface area (Å²) >= 11 is 3.19. The standard InChI is InChI=1S/C18H14BrNO4/c1-12-15(20-18(23-12)13-5-3-2-4-6-13)11-22-17(21)10-8-14-7-9-16(19)24-14/h2-10H,11H2,1H3/b10-8+. The van der Waals surface area contributed by atoms with Crippen LogP contribution in [-0.4, -0.2) is 11.0 Å². The lowest BCUT2D eigenvalue weighted by molar-refractivity contribution is -0.139. The van der Waals surface area contributed by atoms with Crippen molar-refractivity contribution in [1.82, 2.24) is 4.98 Å². The molecule has 5 nitrogen and oxygen atoms in total. The van der Waals surface area contributed by atoms with Gasteiger partial charge in [-0.1, -0.05) is 18.2 Å². The number of carbonyl (C=O) groups is 1. The maximum absolute atomic E-state index is 11.8. The number of nitrogens with zero attached hydrogens (tertiary/aromatic N) is 1. The number of furan rings is 1. The van der Waals surface area contributed by atoms with E-state index in [0.717, 1.165) is 5.56 Å². The first-order chi connectivity index (χ1) is 11.6. The molecule has 0 unspecified atom stereocenters. The highest BCUT2D eigenvalue weighted by Gasteiger charge is 2.12. The van der Waals surface area contributed by atoms with Gasteiger partial charge in [-0.2, -0.15) is 0 Å². The van der Waals surface area contributed by atoms with Gasteiger partial charge in [0, 0.05) is 11.6 Å². The quantitative estimate of drug-likeness (QED) is 0.466. The second kappa shape index (κ2) is 7.31. The summed E-state index contributed by atoms with van der Waals surface area (Å²) < 4.78 is 16.7. The molecule has 0 saturated heterocycles. The molecule has 0 fully saturated rings. The zero-order valence-corrected chi connectivity index (χ0v) is 14.4. The minimum Gasteiger partial charge on any atom is -0.456 e. The van der Waals surface area contributed by atoms with Crippen molar-refractivity contribution in [1.29, 1.82) is 0 Å². The molecule has 0 aliphatic carbocycles. The number of hydrogen-bond donors (Lipinski definition) is 0. The van der Waals surface area contributed by atoms with Crippen LogP contribution in [0, 0.1) is 6.92 Å². The summed E-state index contributed by atoms with van der Waals surface area (Å²) in [7, 11) is 0. The number of hydrogen-bond acceptors (Lipinski definition) is 5. The second-order valence-electron chi connectivity index (χ2n) is 4.97. The van der Waals surface area contributed by atoms with Crippen molar-refractivity contribution >= 4 is 28.0 Å². The molecule has 0 amide bonds. The summed E-state index contributed by atoms with van der Waals surface area (Å²) in [5.41, 5.74) is 1.47. The smallest absolute Gasteiger partial charge is 0.331 e. The van der Waals surface area contributed by atoms with Crippen LogP contribution in [0.3, 0.4) is 0 Å². The summed E-state index contributed by atoms with van der Waals surface area (Å²) in [4.78, 5) is 16.1. The zero-order chi connectivity index (χ0) is 16.9. The Morgan fingerprint density at radius 1 is 1.21 bits per heavy atom. The molecule has 0 N–H and O–H groups in total. The molecule has 2 heterocycles. The normalized spacial score (nSPS) is 11.1. The van der Waals surface area contributed by atoms with E-state index in [-0.39, 0.29) is 6.61 Å². The molecule has 0 aliphatic heterocycles. The van der Waals surface area contributed by atoms with Gasteiger partial charge in [0.1, 0.15) is 23.8 Å². The SMILES string of the molecule is Cc1oc(-c2ccccc2)nc1COC(=O)/C=C/c1ccc(Br)o1. The van der Waals surface area contributed by atoms with Gasteiger partial charge >= 0.3 is 5.97 Å². The van der Waals surface area contributed by atoms with E-state index >= 15 is 0 Å². The van der Waals surface area contributed by atoms with Crippen LogP contribution in [0.15, 0.2) is 62.0 Å². The minimum atomic E-state index is -0.480. The van der Waals surface area contributed by atoms with Crippen molar-refractivity contribution in [2.24, 2.45) is 0 Å². The average molecular weight is 388 g/mol. The van der Waals surface area contributed by atoms with E-state index in [0.29, 0.717) is 27.8 Å². The molecule has 0 bridgehead atoms. The van der Waals surface area contributed by atoms with Crippen LogP contribution in [0.4, 0.5) is 0 Å². The number of oxazole rings is 1. The molecule has 3 rings (SSSR count). The van der Waals surface area contributed by atoms with E-state index in [9.17, 15) is 4.79 Å². The van der Waals surface area contributed by atoms with E-state index < -0.39 is 5.97 Å². The molecule has 0 aliphatic rings. The Labute approximate surface area is 147 Å². The number of rotatable bonds is 5. The Kier molecular flexibility index (Phi) is 4.96. The highest BCUT2D eigenvalue weighted by molar-refractivity contribution is 9.10. The van der Waals surface area contributed by atoms with Gasteiger partial charge in [-0.05, 0) is 53.2 Å². The third-order valence-corrected chi connectivity index (χ3v) is 3.67. The summed E-state index contributed by atoms with van der Waals surface area (Å²) in [5, 5.41) is 0. The fourth-order valence-electron chi connectivity index (χ4n) is 2.02. The van der Waals surface area contributed by atoms with E-state index in [1.807, 2.05) is 30.3 Å². The van der Waals surface area contributed by atoms with E-state index in [4.69, 9.17) is 13.6 Å². The largest absolute Gasteiger partial charge is 0.456 e. The van der Waals surface area contributed by atoms with Crippen molar-refractivity contribution in [2.45, 2.75) is 13.5 Å².